The van der Waals surface area contributed by atoms with E-state index >= 15 is 0 Å². The van der Waals surface area contributed by atoms with Gasteiger partial charge in [-0.1, -0.05) is 23.2 Å². The van der Waals surface area contributed by atoms with Crippen molar-refractivity contribution in [3.05, 3.63) is 45.9 Å². The monoisotopic (exact) mass is 428 g/mol. The maximum atomic E-state index is 12.7. The average Bonchev–Trinajstić information content (AvgIpc) is 3.02. The highest BCUT2D eigenvalue weighted by atomic mass is 35.5. The Morgan fingerprint density at radius 2 is 1.89 bits per heavy atom. The van der Waals surface area contributed by atoms with Gasteiger partial charge >= 0.3 is 0 Å². The number of nitrogens with one attached hydrogen (secondary N) is 1. The summed E-state index contributed by atoms with van der Waals surface area (Å²) in [6.45, 7) is 2.50. The minimum absolute atomic E-state index is 0.0288. The van der Waals surface area contributed by atoms with E-state index in [-0.39, 0.29) is 26.6 Å². The normalized spacial score (nSPS) is 14.5. The first-order valence-electron chi connectivity index (χ1n) is 8.20. The van der Waals surface area contributed by atoms with E-state index in [2.05, 4.69) is 4.72 Å². The number of carbonyl (C=O) groups is 1. The number of rotatable bonds is 5. The number of hydrogen-bond acceptors (Lipinski definition) is 4. The number of carbonyl (C=O) groups excluding carboxylic acids is 1. The summed E-state index contributed by atoms with van der Waals surface area (Å²) in [4.78, 5) is 13.5. The van der Waals surface area contributed by atoms with Crippen LogP contribution in [-0.4, -0.2) is 28.0 Å². The van der Waals surface area contributed by atoms with E-state index in [4.69, 9.17) is 27.9 Å². The molecule has 3 rings (SSSR count). The summed E-state index contributed by atoms with van der Waals surface area (Å²) in [6.07, 6.45) is 1.36. The first-order valence-corrected chi connectivity index (χ1v) is 10.4. The summed E-state index contributed by atoms with van der Waals surface area (Å²) in [7, 11) is -2.54. The summed E-state index contributed by atoms with van der Waals surface area (Å²) in [6, 6.07) is 7.80. The third kappa shape index (κ3) is 3.85. The number of benzene rings is 2. The lowest BCUT2D eigenvalue weighted by molar-refractivity contribution is -0.117. The average molecular weight is 429 g/mol. The van der Waals surface area contributed by atoms with Gasteiger partial charge in [0.15, 0.2) is 0 Å². The molecule has 1 saturated heterocycles. The van der Waals surface area contributed by atoms with Gasteiger partial charge in [-0.3, -0.25) is 9.52 Å². The minimum atomic E-state index is -3.95. The molecule has 2 aromatic carbocycles. The van der Waals surface area contributed by atoms with Crippen LogP contribution in [0.1, 0.15) is 18.4 Å². The van der Waals surface area contributed by atoms with E-state index in [1.54, 1.807) is 23.1 Å². The molecule has 144 valence electrons. The Kier molecular flexibility index (Phi) is 5.55. The van der Waals surface area contributed by atoms with Crippen molar-refractivity contribution >= 4 is 50.5 Å². The van der Waals surface area contributed by atoms with Crippen LogP contribution in [0.2, 0.25) is 10.0 Å². The second kappa shape index (κ2) is 7.58. The van der Waals surface area contributed by atoms with Crippen molar-refractivity contribution in [3.8, 4) is 5.75 Å². The zero-order valence-electron chi connectivity index (χ0n) is 14.8. The van der Waals surface area contributed by atoms with Gasteiger partial charge in [0, 0.05) is 24.3 Å². The lowest BCUT2D eigenvalue weighted by Crippen LogP contribution is -2.24. The zero-order chi connectivity index (χ0) is 19.8. The third-order valence-corrected chi connectivity index (χ3v) is 6.73. The van der Waals surface area contributed by atoms with E-state index in [9.17, 15) is 13.2 Å². The second-order valence-electron chi connectivity index (χ2n) is 6.15. The zero-order valence-corrected chi connectivity index (χ0v) is 17.1. The minimum Gasteiger partial charge on any atom is -0.495 e. The predicted octanol–water partition coefficient (Wildman–Crippen LogP) is 4.24. The van der Waals surface area contributed by atoms with Gasteiger partial charge in [-0.05, 0) is 49.2 Å². The van der Waals surface area contributed by atoms with E-state index in [1.807, 2.05) is 6.92 Å². The van der Waals surface area contributed by atoms with Gasteiger partial charge in [-0.2, -0.15) is 0 Å². The van der Waals surface area contributed by atoms with Crippen molar-refractivity contribution < 1.29 is 17.9 Å². The van der Waals surface area contributed by atoms with Crippen molar-refractivity contribution in [1.82, 2.24) is 0 Å². The molecule has 0 saturated carbocycles. The number of amides is 1. The molecule has 0 bridgehead atoms. The van der Waals surface area contributed by atoms with E-state index in [0.717, 1.165) is 17.7 Å². The molecule has 6 nitrogen and oxygen atoms in total. The summed E-state index contributed by atoms with van der Waals surface area (Å²) in [5, 5.41) is -0.0827. The van der Waals surface area contributed by atoms with Gasteiger partial charge in [0.2, 0.25) is 5.91 Å². The quantitative estimate of drug-likeness (QED) is 0.772. The molecule has 0 atom stereocenters. The molecule has 2 aromatic rings. The summed E-state index contributed by atoms with van der Waals surface area (Å²) in [5.74, 6) is 0.363. The molecular weight excluding hydrogens is 411 g/mol. The highest BCUT2D eigenvalue weighted by Gasteiger charge is 2.25. The molecule has 1 aliphatic heterocycles. The number of ether oxygens (including phenoxy) is 1. The molecule has 0 radical (unpaired) electrons. The van der Waals surface area contributed by atoms with Crippen molar-refractivity contribution in [2.45, 2.75) is 24.7 Å². The van der Waals surface area contributed by atoms with Gasteiger partial charge < -0.3 is 9.64 Å². The molecule has 1 N–H and O–H groups in total. The lowest BCUT2D eigenvalue weighted by atomic mass is 10.1. The van der Waals surface area contributed by atoms with Crippen molar-refractivity contribution in [3.63, 3.8) is 0 Å². The molecule has 0 aromatic heterocycles. The Bertz CT molecular complexity index is 1010. The molecule has 9 heteroatoms. The number of methoxy groups -OCH3 is 1. The van der Waals surface area contributed by atoms with Gasteiger partial charge in [-0.15, -0.1) is 0 Å². The van der Waals surface area contributed by atoms with Crippen LogP contribution in [-0.2, 0) is 14.8 Å². The Morgan fingerprint density at radius 3 is 2.48 bits per heavy atom. The highest BCUT2D eigenvalue weighted by Crippen LogP contribution is 2.37. The lowest BCUT2D eigenvalue weighted by Gasteiger charge is -2.19. The summed E-state index contributed by atoms with van der Waals surface area (Å²) >= 11 is 12.2. The number of nitrogens with zero attached hydrogens (tertiary/aromatic N) is 1. The fraction of sp³-hybridized carbons (Fsp3) is 0.278. The number of aryl methyl sites for hydroxylation is 1. The summed E-state index contributed by atoms with van der Waals surface area (Å²) < 4.78 is 33.0. The largest absolute Gasteiger partial charge is 0.495 e. The topological polar surface area (TPSA) is 75.7 Å². The molecule has 1 fully saturated rings. The van der Waals surface area contributed by atoms with Gasteiger partial charge in [-0.25, -0.2) is 8.42 Å². The fourth-order valence-corrected chi connectivity index (χ4v) is 4.91. The van der Waals surface area contributed by atoms with Gasteiger partial charge in [0.05, 0.1) is 12.1 Å². The predicted molar refractivity (Wildman–Crippen MR) is 107 cm³/mol. The van der Waals surface area contributed by atoms with Crippen LogP contribution in [0.15, 0.2) is 35.2 Å². The van der Waals surface area contributed by atoms with Crippen molar-refractivity contribution in [1.29, 1.82) is 0 Å². The molecule has 1 heterocycles. The molecule has 0 aliphatic carbocycles. The first-order chi connectivity index (χ1) is 12.7. The maximum absolute atomic E-state index is 12.7. The first kappa shape index (κ1) is 19.8. The van der Waals surface area contributed by atoms with Crippen LogP contribution < -0.4 is 14.4 Å². The van der Waals surface area contributed by atoms with Crippen LogP contribution in [0.4, 0.5) is 11.4 Å². The molecule has 0 unspecified atom stereocenters. The number of sulfonamides is 1. The SMILES string of the molecule is COc1ccc(S(=O)(=O)Nc2ccc(N3CCCC3=O)c(C)c2)c(Cl)c1Cl. The van der Waals surface area contributed by atoms with Crippen molar-refractivity contribution in [2.75, 3.05) is 23.3 Å². The summed E-state index contributed by atoms with van der Waals surface area (Å²) in [5.41, 5.74) is 1.95. The van der Waals surface area contributed by atoms with E-state index in [0.29, 0.717) is 18.7 Å². The third-order valence-electron chi connectivity index (χ3n) is 4.33. The van der Waals surface area contributed by atoms with Crippen LogP contribution in [0.5, 0.6) is 5.75 Å². The molecule has 1 aliphatic rings. The fourth-order valence-electron chi connectivity index (χ4n) is 3.01. The molecule has 1 amide bonds. The second-order valence-corrected chi connectivity index (χ2v) is 8.56. The number of anilines is 2. The Hall–Kier alpha value is -1.96. The number of halogens is 2. The maximum Gasteiger partial charge on any atom is 0.263 e. The highest BCUT2D eigenvalue weighted by molar-refractivity contribution is 7.92. The van der Waals surface area contributed by atoms with Crippen LogP contribution in [0.25, 0.3) is 0 Å². The van der Waals surface area contributed by atoms with Crippen LogP contribution >= 0.6 is 23.2 Å². The van der Waals surface area contributed by atoms with Gasteiger partial charge in [0.1, 0.15) is 15.7 Å². The smallest absolute Gasteiger partial charge is 0.263 e. The van der Waals surface area contributed by atoms with E-state index in [1.165, 1.54) is 19.2 Å². The Balaban J connectivity index is 1.89. The van der Waals surface area contributed by atoms with Crippen LogP contribution in [0, 0.1) is 6.92 Å². The Labute approximate surface area is 168 Å². The molecular formula is C18H18Cl2N2O4S. The van der Waals surface area contributed by atoms with Crippen LogP contribution in [0.3, 0.4) is 0 Å². The Morgan fingerprint density at radius 1 is 1.15 bits per heavy atom. The van der Waals surface area contributed by atoms with E-state index < -0.39 is 10.0 Å². The standard InChI is InChI=1S/C18H18Cl2N2O4S/c1-11-10-12(5-6-13(11)22-9-3-4-16(22)23)21-27(24,25)15-8-7-14(26-2)17(19)18(15)20/h5-8,10,21H,3-4,9H2,1-2H3. The number of hydrogen-bond donors (Lipinski definition) is 1. The van der Waals surface area contributed by atoms with Crippen molar-refractivity contribution in [2.24, 2.45) is 0 Å². The molecule has 0 spiro atoms. The van der Waals surface area contributed by atoms with Gasteiger partial charge in [0.25, 0.3) is 10.0 Å². The molecule has 27 heavy (non-hydrogen) atoms.